The predicted octanol–water partition coefficient (Wildman–Crippen LogP) is 1.88. The Morgan fingerprint density at radius 2 is 2.33 bits per heavy atom. The molecule has 90 valence electrons. The van der Waals surface area contributed by atoms with Gasteiger partial charge in [0.1, 0.15) is 5.76 Å². The number of aryl methyl sites for hydroxylation is 1. The summed E-state index contributed by atoms with van der Waals surface area (Å²) in [7, 11) is 0. The summed E-state index contributed by atoms with van der Waals surface area (Å²) in [6, 6.07) is 5.14. The fraction of sp³-hybridized carbons (Fsp3) is 0.0833. The first-order valence-electron chi connectivity index (χ1n) is 5.39. The maximum absolute atomic E-state index is 12.0. The van der Waals surface area contributed by atoms with Crippen LogP contribution in [0.15, 0.2) is 41.4 Å². The van der Waals surface area contributed by atoms with Crippen molar-refractivity contribution in [1.82, 2.24) is 14.5 Å². The molecular formula is C12H10N4O2. The molecule has 1 amide bonds. The van der Waals surface area contributed by atoms with Crippen molar-refractivity contribution in [2.45, 2.75) is 6.92 Å². The second-order valence-electron chi connectivity index (χ2n) is 3.92. The minimum atomic E-state index is -0.230. The lowest BCUT2D eigenvalue weighted by Gasteiger charge is -2.01. The van der Waals surface area contributed by atoms with Gasteiger partial charge in [0.2, 0.25) is 0 Å². The van der Waals surface area contributed by atoms with Gasteiger partial charge >= 0.3 is 0 Å². The fourth-order valence-corrected chi connectivity index (χ4v) is 1.67. The summed E-state index contributed by atoms with van der Waals surface area (Å²) in [6.07, 6.45) is 5.15. The summed E-state index contributed by atoms with van der Waals surface area (Å²) in [5.74, 6) is 0.828. The van der Waals surface area contributed by atoms with Crippen LogP contribution in [-0.4, -0.2) is 20.4 Å². The van der Waals surface area contributed by atoms with Gasteiger partial charge in [-0.05, 0) is 19.1 Å². The molecule has 1 N–H and O–H groups in total. The van der Waals surface area contributed by atoms with E-state index in [1.165, 1.54) is 0 Å². The van der Waals surface area contributed by atoms with Crippen molar-refractivity contribution >= 4 is 17.2 Å². The monoisotopic (exact) mass is 242 g/mol. The summed E-state index contributed by atoms with van der Waals surface area (Å²) >= 11 is 0. The third-order valence-electron chi connectivity index (χ3n) is 2.55. The number of nitrogens with zero attached hydrogens (tertiary/aromatic N) is 3. The number of hydrogen-bond acceptors (Lipinski definition) is 4. The molecular weight excluding hydrogens is 232 g/mol. The lowest BCUT2D eigenvalue weighted by Crippen LogP contribution is -2.12. The van der Waals surface area contributed by atoms with Crippen LogP contribution in [0.3, 0.4) is 0 Å². The highest BCUT2D eigenvalue weighted by Crippen LogP contribution is 2.11. The largest absolute Gasteiger partial charge is 0.360 e. The molecule has 0 aliphatic rings. The van der Waals surface area contributed by atoms with Gasteiger partial charge in [-0.15, -0.1) is 0 Å². The number of fused-ring (bicyclic) bond motifs is 1. The van der Waals surface area contributed by atoms with Crippen LogP contribution in [-0.2, 0) is 0 Å². The average molecular weight is 242 g/mol. The van der Waals surface area contributed by atoms with Crippen LogP contribution in [0.25, 0.3) is 5.52 Å². The van der Waals surface area contributed by atoms with Gasteiger partial charge in [0, 0.05) is 17.8 Å². The lowest BCUT2D eigenvalue weighted by molar-refractivity contribution is 0.102. The van der Waals surface area contributed by atoms with E-state index in [1.54, 1.807) is 43.8 Å². The van der Waals surface area contributed by atoms with E-state index in [9.17, 15) is 4.79 Å². The van der Waals surface area contributed by atoms with E-state index < -0.39 is 0 Å². The first-order valence-corrected chi connectivity index (χ1v) is 5.39. The Balaban J connectivity index is 1.87. The third-order valence-corrected chi connectivity index (χ3v) is 2.55. The number of imidazole rings is 1. The van der Waals surface area contributed by atoms with Crippen molar-refractivity contribution in [3.8, 4) is 0 Å². The molecule has 0 aliphatic heterocycles. The standard InChI is InChI=1S/C12H10N4O2/c1-8-4-11(15-18-8)14-12(17)9-2-3-16-7-13-6-10(16)5-9/h2-7H,1H3,(H,14,15,17). The highest BCUT2D eigenvalue weighted by atomic mass is 16.5. The Morgan fingerprint density at radius 3 is 3.11 bits per heavy atom. The molecule has 3 rings (SSSR count). The van der Waals surface area contributed by atoms with Crippen LogP contribution >= 0.6 is 0 Å². The summed E-state index contributed by atoms with van der Waals surface area (Å²) in [4.78, 5) is 16.0. The van der Waals surface area contributed by atoms with Crippen LogP contribution in [0.5, 0.6) is 0 Å². The molecule has 3 aromatic rings. The molecule has 0 atom stereocenters. The van der Waals surface area contributed by atoms with Gasteiger partial charge < -0.3 is 14.2 Å². The van der Waals surface area contributed by atoms with E-state index in [0.29, 0.717) is 17.1 Å². The molecule has 0 aliphatic carbocycles. The van der Waals surface area contributed by atoms with Crippen LogP contribution in [0.4, 0.5) is 5.82 Å². The van der Waals surface area contributed by atoms with Crippen molar-refractivity contribution in [1.29, 1.82) is 0 Å². The second-order valence-corrected chi connectivity index (χ2v) is 3.92. The highest BCUT2D eigenvalue weighted by molar-refractivity contribution is 6.04. The molecule has 3 aromatic heterocycles. The van der Waals surface area contributed by atoms with Gasteiger partial charge in [0.25, 0.3) is 5.91 Å². The topological polar surface area (TPSA) is 72.4 Å². The Labute approximate surface area is 102 Å². The number of anilines is 1. The fourth-order valence-electron chi connectivity index (χ4n) is 1.67. The van der Waals surface area contributed by atoms with Crippen LogP contribution in [0, 0.1) is 6.92 Å². The van der Waals surface area contributed by atoms with E-state index in [-0.39, 0.29) is 5.91 Å². The Morgan fingerprint density at radius 1 is 1.44 bits per heavy atom. The van der Waals surface area contributed by atoms with Crippen LogP contribution < -0.4 is 5.32 Å². The van der Waals surface area contributed by atoms with Gasteiger partial charge in [-0.2, -0.15) is 0 Å². The predicted molar refractivity (Wildman–Crippen MR) is 64.4 cm³/mol. The molecule has 18 heavy (non-hydrogen) atoms. The smallest absolute Gasteiger partial charge is 0.257 e. The number of hydrogen-bond donors (Lipinski definition) is 1. The molecule has 6 heteroatoms. The van der Waals surface area contributed by atoms with Gasteiger partial charge in [-0.25, -0.2) is 4.98 Å². The molecule has 3 heterocycles. The molecule has 0 saturated carbocycles. The normalized spacial score (nSPS) is 10.7. The second kappa shape index (κ2) is 3.99. The van der Waals surface area contributed by atoms with Gasteiger partial charge in [0.15, 0.2) is 5.82 Å². The highest BCUT2D eigenvalue weighted by Gasteiger charge is 2.09. The number of pyridine rings is 1. The molecule has 0 saturated heterocycles. The van der Waals surface area contributed by atoms with E-state index in [2.05, 4.69) is 15.5 Å². The molecule has 0 radical (unpaired) electrons. The van der Waals surface area contributed by atoms with Crippen LogP contribution in [0.2, 0.25) is 0 Å². The number of carbonyl (C=O) groups is 1. The maximum atomic E-state index is 12.0. The number of carbonyl (C=O) groups excluding carboxylic acids is 1. The maximum Gasteiger partial charge on any atom is 0.257 e. The molecule has 0 aromatic carbocycles. The summed E-state index contributed by atoms with van der Waals surface area (Å²) in [5.41, 5.74) is 1.41. The molecule has 0 bridgehead atoms. The average Bonchev–Trinajstić information content (AvgIpc) is 2.96. The zero-order valence-corrected chi connectivity index (χ0v) is 9.62. The van der Waals surface area contributed by atoms with Crippen molar-refractivity contribution in [2.24, 2.45) is 0 Å². The summed E-state index contributed by atoms with van der Waals surface area (Å²) in [5, 5.41) is 6.37. The first kappa shape index (κ1) is 10.5. The van der Waals surface area contributed by atoms with Gasteiger partial charge in [0.05, 0.1) is 18.0 Å². The number of amides is 1. The van der Waals surface area contributed by atoms with E-state index in [4.69, 9.17) is 4.52 Å². The van der Waals surface area contributed by atoms with Crippen molar-refractivity contribution < 1.29 is 9.32 Å². The zero-order valence-electron chi connectivity index (χ0n) is 9.62. The number of rotatable bonds is 2. The molecule has 6 nitrogen and oxygen atoms in total. The number of nitrogens with one attached hydrogen (secondary N) is 1. The Bertz CT molecular complexity index is 714. The minimum absolute atomic E-state index is 0.230. The quantitative estimate of drug-likeness (QED) is 0.744. The van der Waals surface area contributed by atoms with Crippen molar-refractivity contribution in [3.05, 3.63) is 48.2 Å². The summed E-state index contributed by atoms with van der Waals surface area (Å²) < 4.78 is 6.71. The SMILES string of the molecule is Cc1cc(NC(=O)c2ccn3cncc3c2)no1. The van der Waals surface area contributed by atoms with Crippen molar-refractivity contribution in [2.75, 3.05) is 5.32 Å². The zero-order chi connectivity index (χ0) is 12.5. The van der Waals surface area contributed by atoms with E-state index >= 15 is 0 Å². The van der Waals surface area contributed by atoms with Gasteiger partial charge in [-0.3, -0.25) is 4.79 Å². The van der Waals surface area contributed by atoms with E-state index in [0.717, 1.165) is 5.52 Å². The molecule has 0 fully saturated rings. The van der Waals surface area contributed by atoms with E-state index in [1.807, 2.05) is 4.40 Å². The number of aromatic nitrogens is 3. The lowest BCUT2D eigenvalue weighted by atomic mass is 10.2. The van der Waals surface area contributed by atoms with Crippen LogP contribution in [0.1, 0.15) is 16.1 Å². The van der Waals surface area contributed by atoms with Crippen molar-refractivity contribution in [3.63, 3.8) is 0 Å². The summed E-state index contributed by atoms with van der Waals surface area (Å²) in [6.45, 7) is 1.76. The molecule has 0 spiro atoms. The first-order chi connectivity index (χ1) is 8.72. The molecule has 0 unspecified atom stereocenters. The Hall–Kier alpha value is -2.63. The minimum Gasteiger partial charge on any atom is -0.360 e. The third kappa shape index (κ3) is 1.84. The Kier molecular flexibility index (Phi) is 2.33. The van der Waals surface area contributed by atoms with Gasteiger partial charge in [-0.1, -0.05) is 5.16 Å².